The molecule has 12 heterocycles. The minimum Gasteiger partial charge on any atom is -0.337 e. The van der Waals surface area contributed by atoms with Gasteiger partial charge in [-0.3, -0.25) is 0 Å². The van der Waals surface area contributed by atoms with Crippen LogP contribution in [0.15, 0.2) is 0 Å². The van der Waals surface area contributed by atoms with Gasteiger partial charge in [0.25, 0.3) is 0 Å². The second-order valence-electron chi connectivity index (χ2n) is 56.9. The summed E-state index contributed by atoms with van der Waals surface area (Å²) in [6.45, 7) is 86.0. The highest BCUT2D eigenvalue weighted by atomic mass is 16.5. The molecule has 0 atom stereocenters. The zero-order valence-electron chi connectivity index (χ0n) is 91.5. The smallest absolute Gasteiger partial charge is 0.232 e. The number of anilines is 6. The maximum Gasteiger partial charge on any atom is 0.232 e. The largest absolute Gasteiger partial charge is 0.337 e. The first-order valence-corrected chi connectivity index (χ1v) is 51.4. The van der Waals surface area contributed by atoms with Gasteiger partial charge in [-0.15, -0.1) is 0 Å². The lowest BCUT2D eigenvalue weighted by molar-refractivity contribution is -0.251. The Morgan fingerprint density at radius 1 is 0.164 bits per heavy atom. The van der Waals surface area contributed by atoms with Gasteiger partial charge in [0.15, 0.2) is 0 Å². The zero-order valence-corrected chi connectivity index (χ0v) is 91.5. The van der Waals surface area contributed by atoms with Gasteiger partial charge >= 0.3 is 0 Å². The Labute approximate surface area is 808 Å². The van der Waals surface area contributed by atoms with E-state index in [1.165, 1.54) is 0 Å². The fraction of sp³-hybridized carbons (Fsp3) is 0.941. The molecular weight excluding hydrogens is 1690 g/mol. The summed E-state index contributed by atoms with van der Waals surface area (Å²) in [4.78, 5) is 51.3. The van der Waals surface area contributed by atoms with Crippen molar-refractivity contribution in [1.82, 2.24) is 80.5 Å². The first-order valence-electron chi connectivity index (χ1n) is 51.4. The molecule has 10 fully saturated rings. The summed E-state index contributed by atoms with van der Waals surface area (Å²) in [5.41, 5.74) is -14.0. The van der Waals surface area contributed by atoms with E-state index >= 15 is 0 Å². The van der Waals surface area contributed by atoms with Crippen molar-refractivity contribution in [3.05, 3.63) is 0 Å². The Bertz CT molecular complexity index is 3610. The Morgan fingerprint density at radius 2 is 0.261 bits per heavy atom. The van der Waals surface area contributed by atoms with Gasteiger partial charge in [-0.05, 0) is 418 Å². The Hall–Kier alpha value is -3.98. The summed E-state index contributed by atoms with van der Waals surface area (Å²) in [5, 5.41) is 139. The standard InChI is InChI=1S/C102H192N22O10/c1-83(2)47-67(48-84(3,4)115(83)125)109(77-103-79(111(69-51-87(9,10)117(127)88(11,12)52-69)70-53-89(13,14)118(128)90(15,16)54-70)107-80(104-77)112(71-55-91(17,18)119(129)92(19,20)56-71)72-57-93(21,22)120(130)94(23,24)58-72)45-43-41-42-44-46-110(68-49-85(5,6)116(126)86(7,8)50-68)78-105-81(113(73-59-95(25,26)121(131)96(27,28)60-73)74-61-97(29,30)122(132)98(31,32)62-74)108-82(106-78)114(75-63-99(33,34)123(133)100(35,36)64-75)76-65-101(37,38)124(134)102(39,40)66-76/h67-76,125-134H,41-66H2,1-40H3. The third-order valence-corrected chi connectivity index (χ3v) is 34.4. The van der Waals surface area contributed by atoms with Gasteiger partial charge in [-0.2, -0.15) is 80.5 Å². The summed E-state index contributed by atoms with van der Waals surface area (Å²) in [7, 11) is 0. The second kappa shape index (κ2) is 35.5. The molecule has 0 aromatic carbocycles. The predicted molar refractivity (Wildman–Crippen MR) is 531 cm³/mol. The van der Waals surface area contributed by atoms with Crippen LogP contribution < -0.4 is 29.4 Å². The summed E-state index contributed by atoms with van der Waals surface area (Å²) >= 11 is 0. The molecule has 0 bridgehead atoms. The molecule has 10 aliphatic rings. The molecule has 32 heteroatoms. The average molecular weight is 1890 g/mol. The fourth-order valence-electron chi connectivity index (χ4n) is 29.9. The van der Waals surface area contributed by atoms with Crippen molar-refractivity contribution in [3.8, 4) is 0 Å². The molecule has 0 unspecified atom stereocenters. The highest BCUT2D eigenvalue weighted by Gasteiger charge is 2.61. The van der Waals surface area contributed by atoms with Crippen LogP contribution in [0, 0.1) is 0 Å². The van der Waals surface area contributed by atoms with Crippen LogP contribution in [-0.2, 0) is 0 Å². The van der Waals surface area contributed by atoms with Crippen LogP contribution in [-0.4, -0.2) is 317 Å². The Kier molecular flexibility index (Phi) is 28.8. The lowest BCUT2D eigenvalue weighted by atomic mass is 9.74. The minimum atomic E-state index is -0.707. The number of nitrogens with zero attached hydrogens (tertiary/aromatic N) is 22. The monoisotopic (exact) mass is 1890 g/mol. The molecule has 0 radical (unpaired) electrons. The normalized spacial score (nSPS) is 29.6. The quantitative estimate of drug-likeness (QED) is 0.0462. The first kappa shape index (κ1) is 109. The third kappa shape index (κ3) is 21.1. The van der Waals surface area contributed by atoms with Crippen LogP contribution in [0.25, 0.3) is 0 Å². The summed E-state index contributed by atoms with van der Waals surface area (Å²) in [5.74, 6) is 3.14. The van der Waals surface area contributed by atoms with Gasteiger partial charge in [0.05, 0.1) is 0 Å². The van der Waals surface area contributed by atoms with Gasteiger partial charge in [-0.1, -0.05) is 12.8 Å². The van der Waals surface area contributed by atoms with Crippen LogP contribution in [0.1, 0.15) is 431 Å². The molecule has 2 aromatic rings. The SMILES string of the molecule is CC1(C)CC(N(CCCCCCN(c2nc(N(C3CC(C)(C)N(O)C(C)(C)C3)C3CC(C)(C)N(O)C(C)(C)C3)nc(N(C3CC(C)(C)N(O)C(C)(C)C3)C3CC(C)(C)N(O)C(C)(C)C3)n2)C2CC(C)(C)N(O)C(C)(C)C2)c2nc(N(C3CC(C)(C)N(O)C(C)(C)C3)C3CC(C)(C)N(O)C(C)(C)C3)nc(N(C3CC(C)(C)N(O)C(C)(C)C3)C3CC(C)(C)N(O)C(C)(C)C3)n2)CC(C)(C)N1O. The van der Waals surface area contributed by atoms with Crippen LogP contribution in [0.3, 0.4) is 0 Å². The molecule has 10 aliphatic heterocycles. The van der Waals surface area contributed by atoms with Gasteiger partial charge in [-0.25, -0.2) is 0 Å². The van der Waals surface area contributed by atoms with Gasteiger partial charge in [0.1, 0.15) is 0 Å². The molecule has 0 amide bonds. The van der Waals surface area contributed by atoms with Crippen molar-refractivity contribution in [1.29, 1.82) is 0 Å². The molecule has 2 aromatic heterocycles. The van der Waals surface area contributed by atoms with Crippen molar-refractivity contribution in [3.63, 3.8) is 0 Å². The zero-order chi connectivity index (χ0) is 101. The summed E-state index contributed by atoms with van der Waals surface area (Å²) in [6.07, 6.45) is 14.3. The van der Waals surface area contributed by atoms with Crippen LogP contribution in [0.2, 0.25) is 0 Å². The number of hydrogen-bond donors (Lipinski definition) is 10. The first-order chi connectivity index (χ1) is 60.3. The lowest BCUT2D eigenvalue weighted by Gasteiger charge is -2.59. The van der Waals surface area contributed by atoms with Gasteiger partial charge in [0.2, 0.25) is 35.7 Å². The van der Waals surface area contributed by atoms with E-state index in [1.54, 1.807) is 50.6 Å². The number of aromatic nitrogens is 6. The molecule has 134 heavy (non-hydrogen) atoms. The van der Waals surface area contributed by atoms with E-state index < -0.39 is 111 Å². The van der Waals surface area contributed by atoms with Gasteiger partial charge < -0.3 is 81.5 Å². The van der Waals surface area contributed by atoms with E-state index in [0.717, 1.165) is 25.7 Å². The number of unbranched alkanes of at least 4 members (excludes halogenated alkanes) is 3. The summed E-state index contributed by atoms with van der Waals surface area (Å²) < 4.78 is 0. The average Bonchev–Trinajstić information content (AvgIpc) is 0.730. The molecule has 12 rings (SSSR count). The van der Waals surface area contributed by atoms with Gasteiger partial charge in [0, 0.05) is 184 Å². The lowest BCUT2D eigenvalue weighted by Crippen LogP contribution is -2.68. The molecule has 0 aliphatic carbocycles. The van der Waals surface area contributed by atoms with E-state index in [2.05, 4.69) is 306 Å². The highest BCUT2D eigenvalue weighted by Crippen LogP contribution is 2.55. The topological polar surface area (TPSA) is 331 Å². The predicted octanol–water partition coefficient (Wildman–Crippen LogP) is 19.3. The van der Waals surface area contributed by atoms with Crippen LogP contribution in [0.5, 0.6) is 0 Å². The molecule has 10 N–H and O–H groups in total. The third-order valence-electron chi connectivity index (χ3n) is 34.4. The number of hydrogen-bond acceptors (Lipinski definition) is 32. The number of hydroxylamine groups is 20. The Balaban J connectivity index is 1.05. The minimum absolute atomic E-state index is 0.209. The van der Waals surface area contributed by atoms with Crippen LogP contribution in [0.4, 0.5) is 35.7 Å². The molecule has 0 saturated carbocycles. The van der Waals surface area contributed by atoms with Crippen molar-refractivity contribution in [2.24, 2.45) is 0 Å². The molecule has 10 saturated heterocycles. The van der Waals surface area contributed by atoms with E-state index in [0.29, 0.717) is 177 Å². The second-order valence-corrected chi connectivity index (χ2v) is 56.9. The molecule has 0 spiro atoms. The molecule has 770 valence electrons. The highest BCUT2D eigenvalue weighted by molar-refractivity contribution is 5.54. The Morgan fingerprint density at radius 3 is 0.373 bits per heavy atom. The van der Waals surface area contributed by atoms with Crippen molar-refractivity contribution in [2.45, 2.75) is 602 Å². The number of piperidine rings is 10. The maximum atomic E-state index is 12.4. The van der Waals surface area contributed by atoms with E-state index in [1.807, 2.05) is 0 Å². The molecule has 32 nitrogen and oxygen atoms in total. The maximum absolute atomic E-state index is 12.4. The summed E-state index contributed by atoms with van der Waals surface area (Å²) in [6, 6.07) is -2.17. The fourth-order valence-corrected chi connectivity index (χ4v) is 29.9. The van der Waals surface area contributed by atoms with Crippen LogP contribution >= 0.6 is 0 Å². The van der Waals surface area contributed by atoms with Crippen molar-refractivity contribution in [2.75, 3.05) is 42.5 Å². The van der Waals surface area contributed by atoms with Crippen molar-refractivity contribution < 1.29 is 52.1 Å². The molecular formula is C102H192N22O10. The number of rotatable bonds is 23. The van der Waals surface area contributed by atoms with E-state index in [4.69, 9.17) is 29.9 Å². The van der Waals surface area contributed by atoms with Crippen molar-refractivity contribution >= 4 is 35.7 Å². The van der Waals surface area contributed by atoms with E-state index in [-0.39, 0.29) is 60.4 Å². The van der Waals surface area contributed by atoms with E-state index in [9.17, 15) is 52.1 Å².